The first-order valence-electron chi connectivity index (χ1n) is 9.24. The normalized spacial score (nSPS) is 15.7. The van der Waals surface area contributed by atoms with Crippen molar-refractivity contribution in [3.63, 3.8) is 0 Å². The van der Waals surface area contributed by atoms with Crippen LogP contribution in [0.25, 0.3) is 0 Å². The fraction of sp³-hybridized carbons (Fsp3) is 0.286. The smallest absolute Gasteiger partial charge is 0.273 e. The number of hydrogen-bond donors (Lipinski definition) is 1. The molecule has 3 aromatic rings. The highest BCUT2D eigenvalue weighted by Gasteiger charge is 2.27. The molecule has 1 N–H and O–H groups in total. The number of benzene rings is 2. The largest absolute Gasteiger partial charge is 0.497 e. The fourth-order valence-corrected chi connectivity index (χ4v) is 3.26. The first-order chi connectivity index (χ1) is 13.7. The minimum Gasteiger partial charge on any atom is -0.497 e. The van der Waals surface area contributed by atoms with Crippen LogP contribution in [0, 0.1) is 0 Å². The molecule has 0 spiro atoms. The molecule has 4 rings (SSSR count). The third kappa shape index (κ3) is 3.89. The molecule has 2 heterocycles. The van der Waals surface area contributed by atoms with Crippen molar-refractivity contribution in [2.75, 3.05) is 13.7 Å². The number of carbonyl (C=O) groups is 1. The summed E-state index contributed by atoms with van der Waals surface area (Å²) in [6, 6.07) is 17.8. The molecule has 7 nitrogen and oxygen atoms in total. The van der Waals surface area contributed by atoms with Gasteiger partial charge in [-0.15, -0.1) is 5.10 Å². The monoisotopic (exact) mass is 378 g/mol. The lowest BCUT2D eigenvalue weighted by atomic mass is 10.1. The van der Waals surface area contributed by atoms with Crippen LogP contribution in [0.3, 0.4) is 0 Å². The van der Waals surface area contributed by atoms with E-state index in [9.17, 15) is 4.79 Å². The molecule has 1 aromatic heterocycles. The minimum absolute atomic E-state index is 0.130. The number of nitrogens with zero attached hydrogens (tertiary/aromatic N) is 3. The second-order valence-corrected chi connectivity index (χ2v) is 6.63. The Bertz CT molecular complexity index is 938. The van der Waals surface area contributed by atoms with Crippen LogP contribution in [0.5, 0.6) is 5.75 Å². The van der Waals surface area contributed by atoms with Gasteiger partial charge in [0.15, 0.2) is 5.69 Å². The third-order valence-electron chi connectivity index (χ3n) is 4.84. The van der Waals surface area contributed by atoms with Crippen molar-refractivity contribution in [3.05, 3.63) is 77.1 Å². The van der Waals surface area contributed by atoms with Crippen molar-refractivity contribution in [1.29, 1.82) is 0 Å². The van der Waals surface area contributed by atoms with Crippen LogP contribution in [-0.2, 0) is 24.3 Å². The molecule has 1 amide bonds. The maximum absolute atomic E-state index is 12.5. The van der Waals surface area contributed by atoms with Crippen LogP contribution >= 0.6 is 0 Å². The van der Waals surface area contributed by atoms with Gasteiger partial charge in [-0.2, -0.15) is 0 Å². The van der Waals surface area contributed by atoms with Crippen LogP contribution in [-0.4, -0.2) is 34.6 Å². The summed E-state index contributed by atoms with van der Waals surface area (Å²) >= 11 is 0. The van der Waals surface area contributed by atoms with E-state index >= 15 is 0 Å². The first-order valence-corrected chi connectivity index (χ1v) is 9.24. The Hall–Kier alpha value is -3.19. The van der Waals surface area contributed by atoms with Crippen molar-refractivity contribution in [3.8, 4) is 5.75 Å². The molecule has 0 radical (unpaired) electrons. The molecule has 1 aliphatic rings. The number of hydrogen-bond acceptors (Lipinski definition) is 5. The van der Waals surface area contributed by atoms with Crippen LogP contribution in [0.2, 0.25) is 0 Å². The topological polar surface area (TPSA) is 78.3 Å². The number of amides is 1. The van der Waals surface area contributed by atoms with Crippen molar-refractivity contribution in [2.24, 2.45) is 0 Å². The Kier molecular flexibility index (Phi) is 5.34. The Labute approximate surface area is 163 Å². The molecule has 144 valence electrons. The summed E-state index contributed by atoms with van der Waals surface area (Å²) in [5, 5.41) is 11.1. The second-order valence-electron chi connectivity index (χ2n) is 6.63. The number of fused-ring (bicyclic) bond motifs is 1. The molecule has 1 atom stereocenters. The highest BCUT2D eigenvalue weighted by molar-refractivity contribution is 5.93. The van der Waals surface area contributed by atoms with E-state index in [1.807, 2.05) is 54.6 Å². The van der Waals surface area contributed by atoms with E-state index in [0.717, 1.165) is 17.7 Å². The van der Waals surface area contributed by atoms with Gasteiger partial charge in [0.25, 0.3) is 5.91 Å². The third-order valence-corrected chi connectivity index (χ3v) is 4.84. The summed E-state index contributed by atoms with van der Waals surface area (Å²) in [7, 11) is 1.64. The highest BCUT2D eigenvalue weighted by Crippen LogP contribution is 2.28. The Morgan fingerprint density at radius 2 is 2.00 bits per heavy atom. The van der Waals surface area contributed by atoms with Crippen LogP contribution < -0.4 is 10.1 Å². The van der Waals surface area contributed by atoms with Crippen molar-refractivity contribution < 1.29 is 14.3 Å². The fourth-order valence-electron chi connectivity index (χ4n) is 3.26. The van der Waals surface area contributed by atoms with Crippen LogP contribution in [0.4, 0.5) is 0 Å². The number of rotatable bonds is 6. The molecule has 0 bridgehead atoms. The van der Waals surface area contributed by atoms with E-state index in [2.05, 4.69) is 15.6 Å². The zero-order valence-electron chi connectivity index (χ0n) is 15.7. The van der Waals surface area contributed by atoms with E-state index in [-0.39, 0.29) is 12.0 Å². The lowest BCUT2D eigenvalue weighted by Gasteiger charge is -2.24. The van der Waals surface area contributed by atoms with Gasteiger partial charge in [-0.25, -0.2) is 4.68 Å². The molecule has 28 heavy (non-hydrogen) atoms. The van der Waals surface area contributed by atoms with Gasteiger partial charge in [-0.3, -0.25) is 4.79 Å². The van der Waals surface area contributed by atoms with Crippen molar-refractivity contribution in [1.82, 2.24) is 20.3 Å². The molecule has 2 aromatic carbocycles. The van der Waals surface area contributed by atoms with Gasteiger partial charge in [0, 0.05) is 6.54 Å². The zero-order chi connectivity index (χ0) is 19.3. The molecule has 0 saturated carbocycles. The van der Waals surface area contributed by atoms with Crippen molar-refractivity contribution >= 4 is 5.91 Å². The summed E-state index contributed by atoms with van der Waals surface area (Å²) in [4.78, 5) is 12.5. The van der Waals surface area contributed by atoms with Gasteiger partial charge in [0.1, 0.15) is 11.9 Å². The quantitative estimate of drug-likeness (QED) is 0.713. The Morgan fingerprint density at radius 1 is 1.21 bits per heavy atom. The van der Waals surface area contributed by atoms with E-state index in [1.165, 1.54) is 5.56 Å². The summed E-state index contributed by atoms with van der Waals surface area (Å²) in [6.07, 6.45) is 0.639. The number of nitrogens with one attached hydrogen (secondary N) is 1. The SMILES string of the molecule is COc1ccc([C@H]2Cn3nnc(C(=O)NCCc4ccccc4)c3CO2)cc1. The summed E-state index contributed by atoms with van der Waals surface area (Å²) in [6.45, 7) is 1.36. The van der Waals surface area contributed by atoms with Crippen LogP contribution in [0.1, 0.15) is 33.4 Å². The molecule has 0 unspecified atom stereocenters. The lowest BCUT2D eigenvalue weighted by Crippen LogP contribution is -2.29. The van der Waals surface area contributed by atoms with E-state index < -0.39 is 0 Å². The molecular weight excluding hydrogens is 356 g/mol. The highest BCUT2D eigenvalue weighted by atomic mass is 16.5. The number of aromatic nitrogens is 3. The number of ether oxygens (including phenoxy) is 2. The van der Waals surface area contributed by atoms with Crippen LogP contribution in [0.15, 0.2) is 54.6 Å². The van der Waals surface area contributed by atoms with E-state index in [1.54, 1.807) is 11.8 Å². The standard InChI is InChI=1S/C21H22N4O3/c1-27-17-9-7-16(8-10-17)19-13-25-18(14-28-19)20(23-24-25)21(26)22-12-11-15-5-3-2-4-6-15/h2-10,19H,11-14H2,1H3,(H,22,26)/t19-/m1/s1. The molecule has 0 saturated heterocycles. The molecule has 1 aliphatic heterocycles. The maximum atomic E-state index is 12.5. The summed E-state index contributed by atoms with van der Waals surface area (Å²) in [5.41, 5.74) is 3.26. The molecule has 7 heteroatoms. The maximum Gasteiger partial charge on any atom is 0.273 e. The Morgan fingerprint density at radius 3 is 2.75 bits per heavy atom. The van der Waals surface area contributed by atoms with Gasteiger partial charge in [0.2, 0.25) is 0 Å². The molecular formula is C21H22N4O3. The predicted octanol–water partition coefficient (Wildman–Crippen LogP) is 2.53. The Balaban J connectivity index is 1.38. The van der Waals surface area contributed by atoms with Gasteiger partial charge in [-0.1, -0.05) is 47.7 Å². The lowest BCUT2D eigenvalue weighted by molar-refractivity contribution is -0.00179. The van der Waals surface area contributed by atoms with Gasteiger partial charge in [0.05, 0.1) is 26.0 Å². The average Bonchev–Trinajstić information content (AvgIpc) is 3.18. The summed E-state index contributed by atoms with van der Waals surface area (Å²) in [5.74, 6) is 0.583. The van der Waals surface area contributed by atoms with Gasteiger partial charge < -0.3 is 14.8 Å². The summed E-state index contributed by atoms with van der Waals surface area (Å²) < 4.78 is 12.9. The van der Waals surface area contributed by atoms with Gasteiger partial charge >= 0.3 is 0 Å². The van der Waals surface area contributed by atoms with Crippen molar-refractivity contribution in [2.45, 2.75) is 25.7 Å². The van der Waals surface area contributed by atoms with E-state index in [4.69, 9.17) is 9.47 Å². The minimum atomic E-state index is -0.219. The van der Waals surface area contributed by atoms with E-state index in [0.29, 0.717) is 31.1 Å². The first kappa shape index (κ1) is 18.2. The number of carbonyl (C=O) groups excluding carboxylic acids is 1. The predicted molar refractivity (Wildman–Crippen MR) is 103 cm³/mol. The number of methoxy groups -OCH3 is 1. The second kappa shape index (κ2) is 8.22. The molecule has 0 aliphatic carbocycles. The zero-order valence-corrected chi connectivity index (χ0v) is 15.7. The van der Waals surface area contributed by atoms with Gasteiger partial charge in [-0.05, 0) is 29.7 Å². The average molecular weight is 378 g/mol. The molecule has 0 fully saturated rings.